The molecular formula is C17H10N4O4. The van der Waals surface area contributed by atoms with Gasteiger partial charge in [0.15, 0.2) is 5.82 Å². The maximum Gasteiger partial charge on any atom is 0.349 e. The number of aromatic amines is 1. The molecule has 8 heteroatoms. The summed E-state index contributed by atoms with van der Waals surface area (Å²) in [4.78, 5) is 40.3. The fourth-order valence-corrected chi connectivity index (χ4v) is 2.82. The number of aromatic nitrogens is 3. The summed E-state index contributed by atoms with van der Waals surface area (Å²) in [6.07, 6.45) is 0. The van der Waals surface area contributed by atoms with Crippen molar-refractivity contribution in [3.63, 3.8) is 0 Å². The van der Waals surface area contributed by atoms with E-state index in [0.717, 1.165) is 10.9 Å². The van der Waals surface area contributed by atoms with Gasteiger partial charge in [-0.3, -0.25) is 24.5 Å². The summed E-state index contributed by atoms with van der Waals surface area (Å²) >= 11 is 0. The van der Waals surface area contributed by atoms with Crippen molar-refractivity contribution in [1.29, 1.82) is 0 Å². The van der Waals surface area contributed by atoms with Crippen molar-refractivity contribution in [2.45, 2.75) is 0 Å². The van der Waals surface area contributed by atoms with Gasteiger partial charge in [-0.05, 0) is 29.7 Å². The van der Waals surface area contributed by atoms with E-state index in [-0.39, 0.29) is 17.1 Å². The number of nitrogens with one attached hydrogen (secondary N) is 1. The third-order valence-electron chi connectivity index (χ3n) is 3.92. The summed E-state index contributed by atoms with van der Waals surface area (Å²) < 4.78 is 1.64. The number of nitrogens with zero attached hydrogens (tertiary/aromatic N) is 3. The topological polar surface area (TPSA) is 111 Å². The van der Waals surface area contributed by atoms with Crippen LogP contribution >= 0.6 is 0 Å². The SMILES string of the molecule is O=c1nc2n(-c3ccc([N+](=O)[O-])cc3)c3ccccc3cc-2c(=O)[nH]1. The number of nitro benzene ring substituents is 1. The molecular weight excluding hydrogens is 324 g/mol. The van der Waals surface area contributed by atoms with E-state index >= 15 is 0 Å². The molecule has 0 saturated heterocycles. The summed E-state index contributed by atoms with van der Waals surface area (Å²) in [6.45, 7) is 0. The minimum Gasteiger partial charge on any atom is -0.294 e. The molecule has 2 aliphatic heterocycles. The van der Waals surface area contributed by atoms with E-state index in [9.17, 15) is 19.7 Å². The van der Waals surface area contributed by atoms with Crippen molar-refractivity contribution in [2.75, 3.05) is 0 Å². The standard InChI is InChI=1S/C17H10N4O4/c22-16-13-9-10-3-1-2-4-14(10)20(15(13)18-17(23)19-16)11-5-7-12(8-6-11)21(24)25/h1-9H,(H,19,22,23). The zero-order valence-corrected chi connectivity index (χ0v) is 12.7. The number of para-hydroxylation sites is 1. The highest BCUT2D eigenvalue weighted by Crippen LogP contribution is 2.28. The Labute approximate surface area is 139 Å². The van der Waals surface area contributed by atoms with E-state index in [1.165, 1.54) is 12.1 Å². The van der Waals surface area contributed by atoms with Crippen molar-refractivity contribution in [2.24, 2.45) is 0 Å². The van der Waals surface area contributed by atoms with E-state index in [1.807, 2.05) is 24.3 Å². The Balaban J connectivity index is 2.14. The number of benzene rings is 2. The van der Waals surface area contributed by atoms with Crippen LogP contribution in [0.15, 0.2) is 64.2 Å². The second kappa shape index (κ2) is 5.38. The van der Waals surface area contributed by atoms with Crippen molar-refractivity contribution < 1.29 is 4.92 Å². The van der Waals surface area contributed by atoms with Crippen molar-refractivity contribution in [1.82, 2.24) is 14.5 Å². The minimum absolute atomic E-state index is 0.0517. The third-order valence-corrected chi connectivity index (χ3v) is 3.92. The lowest BCUT2D eigenvalue weighted by molar-refractivity contribution is -0.384. The summed E-state index contributed by atoms with van der Waals surface area (Å²) in [6, 6.07) is 14.8. The first-order valence-corrected chi connectivity index (χ1v) is 7.34. The summed E-state index contributed by atoms with van der Waals surface area (Å²) in [5.74, 6) is 0.196. The van der Waals surface area contributed by atoms with Crippen molar-refractivity contribution >= 4 is 16.6 Å². The highest BCUT2D eigenvalue weighted by Gasteiger charge is 2.18. The van der Waals surface area contributed by atoms with Gasteiger partial charge in [0.05, 0.1) is 16.0 Å². The zero-order chi connectivity index (χ0) is 17.6. The lowest BCUT2D eigenvalue weighted by Crippen LogP contribution is -2.27. The van der Waals surface area contributed by atoms with Crippen LogP contribution in [-0.2, 0) is 0 Å². The molecule has 0 fully saturated rings. The largest absolute Gasteiger partial charge is 0.349 e. The Bertz CT molecular complexity index is 1210. The minimum atomic E-state index is -0.747. The number of H-pyrrole nitrogens is 1. The molecule has 0 bridgehead atoms. The third kappa shape index (κ3) is 2.36. The van der Waals surface area contributed by atoms with E-state index in [0.29, 0.717) is 5.69 Å². The Morgan fingerprint density at radius 2 is 1.76 bits per heavy atom. The second-order valence-electron chi connectivity index (χ2n) is 5.42. The average molecular weight is 334 g/mol. The van der Waals surface area contributed by atoms with Gasteiger partial charge in [-0.1, -0.05) is 18.2 Å². The van der Waals surface area contributed by atoms with Gasteiger partial charge in [-0.2, -0.15) is 4.98 Å². The number of hydrogen-bond donors (Lipinski definition) is 1. The lowest BCUT2D eigenvalue weighted by Gasteiger charge is -2.17. The number of fused-ring (bicyclic) bond motifs is 2. The van der Waals surface area contributed by atoms with Crippen LogP contribution in [0.1, 0.15) is 0 Å². The van der Waals surface area contributed by atoms with Crippen molar-refractivity contribution in [3.8, 4) is 17.1 Å². The van der Waals surface area contributed by atoms with Crippen LogP contribution < -0.4 is 11.2 Å². The first kappa shape index (κ1) is 14.8. The molecule has 2 aromatic carbocycles. The van der Waals surface area contributed by atoms with E-state index in [2.05, 4.69) is 9.97 Å². The van der Waals surface area contributed by atoms with Gasteiger partial charge in [0.25, 0.3) is 11.2 Å². The number of rotatable bonds is 2. The Morgan fingerprint density at radius 3 is 2.48 bits per heavy atom. The fourth-order valence-electron chi connectivity index (χ4n) is 2.82. The normalized spacial score (nSPS) is 11.0. The first-order chi connectivity index (χ1) is 12.0. The highest BCUT2D eigenvalue weighted by atomic mass is 16.6. The average Bonchev–Trinajstić information content (AvgIpc) is 2.60. The smallest absolute Gasteiger partial charge is 0.294 e. The molecule has 0 unspecified atom stereocenters. The van der Waals surface area contributed by atoms with Gasteiger partial charge in [-0.15, -0.1) is 0 Å². The second-order valence-corrected chi connectivity index (χ2v) is 5.42. The van der Waals surface area contributed by atoms with Crippen LogP contribution in [0, 0.1) is 10.1 Å². The van der Waals surface area contributed by atoms with E-state index in [1.54, 1.807) is 22.8 Å². The molecule has 2 aliphatic rings. The zero-order valence-electron chi connectivity index (χ0n) is 12.7. The molecule has 0 saturated carbocycles. The fraction of sp³-hybridized carbons (Fsp3) is 0. The van der Waals surface area contributed by atoms with E-state index in [4.69, 9.17) is 0 Å². The van der Waals surface area contributed by atoms with Crippen LogP contribution in [0.4, 0.5) is 5.69 Å². The monoisotopic (exact) mass is 334 g/mol. The molecule has 0 amide bonds. The Kier molecular flexibility index (Phi) is 3.17. The van der Waals surface area contributed by atoms with Crippen LogP contribution in [-0.4, -0.2) is 19.5 Å². The predicted octanol–water partition coefficient (Wildman–Crippen LogP) is 2.09. The molecule has 0 atom stereocenters. The summed E-state index contributed by atoms with van der Waals surface area (Å²) in [5, 5.41) is 11.6. The molecule has 4 rings (SSSR count). The van der Waals surface area contributed by atoms with Crippen LogP contribution in [0.25, 0.3) is 28.0 Å². The van der Waals surface area contributed by atoms with Gasteiger partial charge in [0.1, 0.15) is 0 Å². The van der Waals surface area contributed by atoms with Crippen LogP contribution in [0.2, 0.25) is 0 Å². The van der Waals surface area contributed by atoms with Crippen LogP contribution in [0.3, 0.4) is 0 Å². The molecule has 0 aliphatic carbocycles. The molecule has 2 aromatic rings. The molecule has 0 aromatic heterocycles. The number of pyridine rings is 1. The van der Waals surface area contributed by atoms with Gasteiger partial charge < -0.3 is 0 Å². The molecule has 8 nitrogen and oxygen atoms in total. The molecule has 0 radical (unpaired) electrons. The molecule has 1 N–H and O–H groups in total. The predicted molar refractivity (Wildman–Crippen MR) is 91.2 cm³/mol. The maximum atomic E-state index is 12.2. The van der Waals surface area contributed by atoms with Gasteiger partial charge in [0, 0.05) is 17.8 Å². The Hall–Kier alpha value is -3.81. The van der Waals surface area contributed by atoms with Gasteiger partial charge >= 0.3 is 5.69 Å². The van der Waals surface area contributed by atoms with Gasteiger partial charge in [-0.25, -0.2) is 4.79 Å². The Morgan fingerprint density at radius 1 is 1.04 bits per heavy atom. The molecule has 25 heavy (non-hydrogen) atoms. The molecule has 0 spiro atoms. The summed E-state index contributed by atoms with van der Waals surface area (Å²) in [7, 11) is 0. The van der Waals surface area contributed by atoms with Gasteiger partial charge in [0.2, 0.25) is 0 Å². The quantitative estimate of drug-likeness (QED) is 0.343. The van der Waals surface area contributed by atoms with Crippen molar-refractivity contribution in [3.05, 3.63) is 85.5 Å². The summed E-state index contributed by atoms with van der Waals surface area (Å²) in [5.41, 5.74) is 0.215. The van der Waals surface area contributed by atoms with Crippen LogP contribution in [0.5, 0.6) is 0 Å². The number of non-ortho nitro benzene ring substituents is 1. The maximum absolute atomic E-state index is 12.2. The molecule has 122 valence electrons. The highest BCUT2D eigenvalue weighted by molar-refractivity contribution is 5.87. The molecule has 2 heterocycles. The first-order valence-electron chi connectivity index (χ1n) is 7.34. The number of hydrogen-bond acceptors (Lipinski definition) is 5. The lowest BCUT2D eigenvalue weighted by atomic mass is 10.1. The number of nitro groups is 1. The van der Waals surface area contributed by atoms with E-state index < -0.39 is 16.2 Å².